The van der Waals surface area contributed by atoms with Gasteiger partial charge in [-0.25, -0.2) is 4.79 Å². The molecule has 0 unspecified atom stereocenters. The topological polar surface area (TPSA) is 67.8 Å². The molecule has 0 radical (unpaired) electrons. The van der Waals surface area contributed by atoms with Gasteiger partial charge in [-0.05, 0) is 18.1 Å². The first-order valence-electron chi connectivity index (χ1n) is 7.67. The SMILES string of the molecule is COc1cccc(C=CCCNC(=O)OCc2ccccc2)c1O. The second kappa shape index (κ2) is 9.25. The maximum atomic E-state index is 11.6. The van der Waals surface area contributed by atoms with E-state index in [2.05, 4.69) is 5.32 Å². The third-order valence-electron chi connectivity index (χ3n) is 3.34. The molecular formula is C19H21NO4. The molecule has 0 aliphatic rings. The van der Waals surface area contributed by atoms with Gasteiger partial charge in [-0.1, -0.05) is 54.6 Å². The fourth-order valence-corrected chi connectivity index (χ4v) is 2.08. The lowest BCUT2D eigenvalue weighted by Gasteiger charge is -2.06. The van der Waals surface area contributed by atoms with Crippen LogP contribution in [0.4, 0.5) is 4.79 Å². The van der Waals surface area contributed by atoms with Crippen LogP contribution in [0.3, 0.4) is 0 Å². The van der Waals surface area contributed by atoms with E-state index >= 15 is 0 Å². The molecule has 0 spiro atoms. The van der Waals surface area contributed by atoms with Crippen LogP contribution in [0.25, 0.3) is 6.08 Å². The van der Waals surface area contributed by atoms with E-state index in [1.807, 2.05) is 36.4 Å². The first-order valence-corrected chi connectivity index (χ1v) is 7.67. The number of carbonyl (C=O) groups excluding carboxylic acids is 1. The Balaban J connectivity index is 1.70. The third kappa shape index (κ3) is 5.35. The number of alkyl carbamates (subject to hydrolysis) is 1. The smallest absolute Gasteiger partial charge is 0.407 e. The average Bonchev–Trinajstić information content (AvgIpc) is 2.62. The number of phenols is 1. The van der Waals surface area contributed by atoms with Crippen molar-refractivity contribution in [3.05, 3.63) is 65.7 Å². The largest absolute Gasteiger partial charge is 0.504 e. The van der Waals surface area contributed by atoms with Crippen LogP contribution in [0.5, 0.6) is 11.5 Å². The van der Waals surface area contributed by atoms with Crippen LogP contribution in [0.1, 0.15) is 17.5 Å². The minimum atomic E-state index is -0.448. The maximum Gasteiger partial charge on any atom is 0.407 e. The van der Waals surface area contributed by atoms with Gasteiger partial charge >= 0.3 is 6.09 Å². The van der Waals surface area contributed by atoms with Crippen LogP contribution in [0.2, 0.25) is 0 Å². The van der Waals surface area contributed by atoms with Gasteiger partial charge in [-0.2, -0.15) is 0 Å². The van der Waals surface area contributed by atoms with E-state index in [1.54, 1.807) is 24.3 Å². The summed E-state index contributed by atoms with van der Waals surface area (Å²) >= 11 is 0. The number of ether oxygens (including phenoxy) is 2. The lowest BCUT2D eigenvalue weighted by atomic mass is 10.1. The van der Waals surface area contributed by atoms with Crippen molar-refractivity contribution in [2.45, 2.75) is 13.0 Å². The number of hydrogen-bond donors (Lipinski definition) is 2. The molecule has 1 amide bonds. The van der Waals surface area contributed by atoms with Gasteiger partial charge < -0.3 is 19.9 Å². The number of rotatable bonds is 7. The Morgan fingerprint density at radius 1 is 1.17 bits per heavy atom. The zero-order valence-corrected chi connectivity index (χ0v) is 13.6. The molecule has 126 valence electrons. The predicted octanol–water partition coefficient (Wildman–Crippen LogP) is 3.73. The summed E-state index contributed by atoms with van der Waals surface area (Å²) in [5.74, 6) is 0.534. The summed E-state index contributed by atoms with van der Waals surface area (Å²) in [7, 11) is 1.51. The van der Waals surface area contributed by atoms with Gasteiger partial charge in [0.2, 0.25) is 0 Å². The fourth-order valence-electron chi connectivity index (χ4n) is 2.08. The second-order valence-corrected chi connectivity index (χ2v) is 5.08. The maximum absolute atomic E-state index is 11.6. The van der Waals surface area contributed by atoms with Gasteiger partial charge in [0, 0.05) is 12.1 Å². The fraction of sp³-hybridized carbons (Fsp3) is 0.211. The Morgan fingerprint density at radius 2 is 1.96 bits per heavy atom. The van der Waals surface area contributed by atoms with Gasteiger partial charge in [-0.15, -0.1) is 0 Å². The van der Waals surface area contributed by atoms with E-state index in [0.717, 1.165) is 5.56 Å². The van der Waals surface area contributed by atoms with Gasteiger partial charge in [0.1, 0.15) is 6.61 Å². The van der Waals surface area contributed by atoms with Gasteiger partial charge in [0.25, 0.3) is 0 Å². The standard InChI is InChI=1S/C19H21NO4/c1-23-17-12-7-11-16(18(17)21)10-5-6-13-20-19(22)24-14-15-8-3-2-4-9-15/h2-5,7-12,21H,6,13-14H2,1H3,(H,20,22). The summed E-state index contributed by atoms with van der Waals surface area (Å²) in [4.78, 5) is 11.6. The van der Waals surface area contributed by atoms with E-state index < -0.39 is 6.09 Å². The first-order chi connectivity index (χ1) is 11.7. The van der Waals surface area contributed by atoms with Gasteiger partial charge in [-0.3, -0.25) is 0 Å². The molecule has 2 aromatic carbocycles. The molecule has 0 heterocycles. The van der Waals surface area contributed by atoms with Gasteiger partial charge in [0.15, 0.2) is 11.5 Å². The summed E-state index contributed by atoms with van der Waals surface area (Å²) in [5, 5.41) is 12.6. The molecule has 0 aliphatic heterocycles. The lowest BCUT2D eigenvalue weighted by Crippen LogP contribution is -2.24. The number of carbonyl (C=O) groups is 1. The first kappa shape index (κ1) is 17.4. The molecule has 0 fully saturated rings. The highest BCUT2D eigenvalue weighted by atomic mass is 16.5. The number of nitrogens with one attached hydrogen (secondary N) is 1. The average molecular weight is 327 g/mol. The molecule has 0 saturated heterocycles. The molecule has 0 saturated carbocycles. The highest BCUT2D eigenvalue weighted by molar-refractivity contribution is 5.67. The highest BCUT2D eigenvalue weighted by Crippen LogP contribution is 2.30. The van der Waals surface area contributed by atoms with Crippen LogP contribution < -0.4 is 10.1 Å². The van der Waals surface area contributed by atoms with E-state index in [1.165, 1.54) is 7.11 Å². The Bertz CT molecular complexity index is 683. The van der Waals surface area contributed by atoms with Crippen molar-refractivity contribution in [1.29, 1.82) is 0 Å². The number of amides is 1. The molecule has 0 bridgehead atoms. The molecule has 0 atom stereocenters. The molecule has 2 aromatic rings. The van der Waals surface area contributed by atoms with Crippen LogP contribution in [-0.4, -0.2) is 24.9 Å². The zero-order chi connectivity index (χ0) is 17.2. The minimum Gasteiger partial charge on any atom is -0.504 e. The highest BCUT2D eigenvalue weighted by Gasteiger charge is 2.04. The summed E-state index contributed by atoms with van der Waals surface area (Å²) in [6, 6.07) is 14.8. The summed E-state index contributed by atoms with van der Waals surface area (Å²) in [6.07, 6.45) is 3.83. The number of hydrogen-bond acceptors (Lipinski definition) is 4. The van der Waals surface area contributed by atoms with Crippen LogP contribution in [0, 0.1) is 0 Å². The number of benzene rings is 2. The molecule has 0 aliphatic carbocycles. The molecule has 5 nitrogen and oxygen atoms in total. The van der Waals surface area contributed by atoms with Crippen LogP contribution >= 0.6 is 0 Å². The van der Waals surface area contributed by atoms with E-state index in [4.69, 9.17) is 9.47 Å². The zero-order valence-electron chi connectivity index (χ0n) is 13.6. The van der Waals surface area contributed by atoms with Crippen LogP contribution in [0.15, 0.2) is 54.6 Å². The quantitative estimate of drug-likeness (QED) is 0.760. The van der Waals surface area contributed by atoms with Crippen molar-refractivity contribution in [2.75, 3.05) is 13.7 Å². The number of phenolic OH excluding ortho intramolecular Hbond substituents is 1. The van der Waals surface area contributed by atoms with Crippen molar-refractivity contribution >= 4 is 12.2 Å². The normalized spacial score (nSPS) is 10.5. The third-order valence-corrected chi connectivity index (χ3v) is 3.34. The van der Waals surface area contributed by atoms with Crippen molar-refractivity contribution in [1.82, 2.24) is 5.32 Å². The molecule has 0 aromatic heterocycles. The predicted molar refractivity (Wildman–Crippen MR) is 92.9 cm³/mol. The Labute approximate surface area is 141 Å². The molecule has 24 heavy (non-hydrogen) atoms. The Kier molecular flexibility index (Phi) is 6.71. The van der Waals surface area contributed by atoms with Crippen molar-refractivity contribution in [3.63, 3.8) is 0 Å². The van der Waals surface area contributed by atoms with E-state index in [-0.39, 0.29) is 12.4 Å². The number of aromatic hydroxyl groups is 1. The molecule has 2 rings (SSSR count). The van der Waals surface area contributed by atoms with E-state index in [9.17, 15) is 9.90 Å². The van der Waals surface area contributed by atoms with Crippen molar-refractivity contribution in [2.24, 2.45) is 0 Å². The summed E-state index contributed by atoms with van der Waals surface area (Å²) in [5.41, 5.74) is 1.61. The molecular weight excluding hydrogens is 306 g/mol. The number of para-hydroxylation sites is 1. The summed E-state index contributed by atoms with van der Waals surface area (Å²) in [6.45, 7) is 0.703. The van der Waals surface area contributed by atoms with E-state index in [0.29, 0.717) is 24.3 Å². The Morgan fingerprint density at radius 3 is 2.71 bits per heavy atom. The Hall–Kier alpha value is -2.95. The minimum absolute atomic E-state index is 0.103. The summed E-state index contributed by atoms with van der Waals surface area (Å²) < 4.78 is 10.2. The van der Waals surface area contributed by atoms with Gasteiger partial charge in [0.05, 0.1) is 7.11 Å². The molecule has 2 N–H and O–H groups in total. The van der Waals surface area contributed by atoms with Crippen molar-refractivity contribution in [3.8, 4) is 11.5 Å². The van der Waals surface area contributed by atoms with Crippen LogP contribution in [-0.2, 0) is 11.3 Å². The second-order valence-electron chi connectivity index (χ2n) is 5.08. The molecule has 5 heteroatoms. The van der Waals surface area contributed by atoms with Crippen molar-refractivity contribution < 1.29 is 19.4 Å². The lowest BCUT2D eigenvalue weighted by molar-refractivity contribution is 0.140. The monoisotopic (exact) mass is 327 g/mol. The number of methoxy groups -OCH3 is 1.